The quantitative estimate of drug-likeness (QED) is 0.452. The van der Waals surface area contributed by atoms with Crippen LogP contribution in [0.1, 0.15) is 23.9 Å². The average Bonchev–Trinajstić information content (AvgIpc) is 3.23. The molecule has 7 heteroatoms. The van der Waals surface area contributed by atoms with Crippen LogP contribution in [-0.2, 0) is 22.4 Å². The molecule has 0 spiro atoms. The van der Waals surface area contributed by atoms with Crippen LogP contribution in [0.15, 0.2) is 66.7 Å². The molecular weight excluding hydrogens is 428 g/mol. The van der Waals surface area contributed by atoms with Gasteiger partial charge in [0.2, 0.25) is 5.91 Å². The van der Waals surface area contributed by atoms with Crippen LogP contribution < -0.4 is 15.0 Å². The lowest BCUT2D eigenvalue weighted by Crippen LogP contribution is -2.47. The number of hydrogen-bond acceptors (Lipinski definition) is 4. The van der Waals surface area contributed by atoms with Gasteiger partial charge in [-0.2, -0.15) is 0 Å². The van der Waals surface area contributed by atoms with Crippen molar-refractivity contribution in [2.75, 3.05) is 16.8 Å². The first kappa shape index (κ1) is 21.7. The second kappa shape index (κ2) is 9.02. The predicted octanol–water partition coefficient (Wildman–Crippen LogP) is 4.41. The summed E-state index contributed by atoms with van der Waals surface area (Å²) in [5, 5.41) is 2.89. The summed E-state index contributed by atoms with van der Waals surface area (Å²) in [6, 6.07) is 21.2. The third-order valence-electron chi connectivity index (χ3n) is 5.95. The molecule has 2 amide bonds. The number of para-hydroxylation sites is 2. The van der Waals surface area contributed by atoms with Gasteiger partial charge in [-0.05, 0) is 67.8 Å². The van der Waals surface area contributed by atoms with E-state index < -0.39 is 6.10 Å². The second-order valence-corrected chi connectivity index (χ2v) is 8.60. The maximum atomic E-state index is 12.7. The van der Waals surface area contributed by atoms with Crippen LogP contribution in [0.5, 0.6) is 5.75 Å². The van der Waals surface area contributed by atoms with Crippen molar-refractivity contribution in [2.45, 2.75) is 32.8 Å². The summed E-state index contributed by atoms with van der Waals surface area (Å²) in [6.07, 6.45) is 1.01. The second-order valence-electron chi connectivity index (χ2n) is 8.60. The van der Waals surface area contributed by atoms with Gasteiger partial charge in [-0.1, -0.05) is 30.3 Å². The molecule has 1 aliphatic heterocycles. The highest BCUT2D eigenvalue weighted by molar-refractivity contribution is 6.06. The van der Waals surface area contributed by atoms with Gasteiger partial charge in [0.05, 0.1) is 16.7 Å². The number of carbonyl (C=O) groups is 2. The maximum absolute atomic E-state index is 12.7. The topological polar surface area (TPSA) is 87.3 Å². The molecule has 0 aliphatic carbocycles. The number of ether oxygens (including phenoxy) is 1. The van der Waals surface area contributed by atoms with Crippen LogP contribution in [0.4, 0.5) is 11.4 Å². The molecule has 0 unspecified atom stereocenters. The molecule has 1 atom stereocenters. The van der Waals surface area contributed by atoms with E-state index in [1.54, 1.807) is 19.1 Å². The van der Waals surface area contributed by atoms with E-state index in [1.807, 2.05) is 42.5 Å². The van der Waals surface area contributed by atoms with Crippen molar-refractivity contribution >= 4 is 34.2 Å². The molecule has 172 valence electrons. The van der Waals surface area contributed by atoms with Crippen LogP contribution in [0, 0.1) is 6.92 Å². The van der Waals surface area contributed by atoms with Gasteiger partial charge in [0, 0.05) is 12.1 Å². The molecule has 0 saturated carbocycles. The number of rotatable bonds is 6. The van der Waals surface area contributed by atoms with Crippen molar-refractivity contribution in [1.82, 2.24) is 9.97 Å². The standard InChI is InChI=1S/C27H26N4O3/c1-17-7-13-21-22(15-17)30-25(29-21)14-10-19-8-11-20(12-9-19)28-26(32)16-31-23-5-3-4-6-24(23)34-18(2)27(31)33/h3-9,11-13,15,18H,10,14,16H2,1-2H3,(H,28,32)(H,29,30)/t18-/m0/s1. The molecule has 1 aliphatic rings. The Labute approximate surface area is 197 Å². The van der Waals surface area contributed by atoms with E-state index in [4.69, 9.17) is 4.74 Å². The van der Waals surface area contributed by atoms with Gasteiger partial charge < -0.3 is 15.0 Å². The van der Waals surface area contributed by atoms with E-state index in [2.05, 4.69) is 34.3 Å². The lowest BCUT2D eigenvalue weighted by Gasteiger charge is -2.32. The number of amides is 2. The van der Waals surface area contributed by atoms with Crippen LogP contribution in [-0.4, -0.2) is 34.4 Å². The van der Waals surface area contributed by atoms with Crippen molar-refractivity contribution in [3.8, 4) is 5.75 Å². The third kappa shape index (κ3) is 4.50. The number of hydrogen-bond donors (Lipinski definition) is 2. The lowest BCUT2D eigenvalue weighted by atomic mass is 10.1. The fourth-order valence-electron chi connectivity index (χ4n) is 4.18. The van der Waals surface area contributed by atoms with Crippen molar-refractivity contribution in [2.24, 2.45) is 0 Å². The Bertz CT molecular complexity index is 1360. The minimum Gasteiger partial charge on any atom is -0.479 e. The molecule has 2 N–H and O–H groups in total. The molecule has 3 aromatic carbocycles. The van der Waals surface area contributed by atoms with E-state index in [1.165, 1.54) is 10.5 Å². The normalized spacial score (nSPS) is 15.2. The van der Waals surface area contributed by atoms with Crippen molar-refractivity contribution < 1.29 is 14.3 Å². The molecule has 2 heterocycles. The Balaban J connectivity index is 1.19. The molecule has 0 bridgehead atoms. The number of imidazole rings is 1. The van der Waals surface area contributed by atoms with E-state index in [0.29, 0.717) is 17.1 Å². The minimum atomic E-state index is -0.627. The summed E-state index contributed by atoms with van der Waals surface area (Å²) in [5.41, 5.74) is 5.70. The SMILES string of the molecule is Cc1ccc2nc(CCc3ccc(NC(=O)CN4C(=O)[C@H](C)Oc5ccccc54)cc3)[nH]c2c1. The van der Waals surface area contributed by atoms with Gasteiger partial charge in [0.15, 0.2) is 6.10 Å². The highest BCUT2D eigenvalue weighted by Gasteiger charge is 2.32. The van der Waals surface area contributed by atoms with E-state index in [0.717, 1.165) is 35.3 Å². The summed E-state index contributed by atoms with van der Waals surface area (Å²) in [4.78, 5) is 34.8. The number of aryl methyl sites for hydroxylation is 3. The zero-order valence-electron chi connectivity index (χ0n) is 19.2. The van der Waals surface area contributed by atoms with Gasteiger partial charge >= 0.3 is 0 Å². The summed E-state index contributed by atoms with van der Waals surface area (Å²) in [6.45, 7) is 3.68. The molecular formula is C27H26N4O3. The summed E-state index contributed by atoms with van der Waals surface area (Å²) < 4.78 is 5.63. The number of anilines is 2. The Morgan fingerprint density at radius 3 is 2.71 bits per heavy atom. The molecule has 1 aromatic heterocycles. The molecule has 0 fully saturated rings. The zero-order chi connectivity index (χ0) is 23.7. The van der Waals surface area contributed by atoms with E-state index >= 15 is 0 Å². The number of benzene rings is 3. The summed E-state index contributed by atoms with van der Waals surface area (Å²) in [5.74, 6) is 1.07. The molecule has 5 rings (SSSR count). The molecule has 34 heavy (non-hydrogen) atoms. The van der Waals surface area contributed by atoms with E-state index in [9.17, 15) is 9.59 Å². The fraction of sp³-hybridized carbons (Fsp3) is 0.222. The highest BCUT2D eigenvalue weighted by atomic mass is 16.5. The van der Waals surface area contributed by atoms with Crippen LogP contribution in [0.25, 0.3) is 11.0 Å². The van der Waals surface area contributed by atoms with Crippen molar-refractivity contribution in [3.63, 3.8) is 0 Å². The Kier molecular flexibility index (Phi) is 5.76. The Morgan fingerprint density at radius 2 is 1.88 bits per heavy atom. The van der Waals surface area contributed by atoms with Crippen LogP contribution >= 0.6 is 0 Å². The predicted molar refractivity (Wildman–Crippen MR) is 132 cm³/mol. The summed E-state index contributed by atoms with van der Waals surface area (Å²) >= 11 is 0. The average molecular weight is 455 g/mol. The highest BCUT2D eigenvalue weighted by Crippen LogP contribution is 2.33. The zero-order valence-corrected chi connectivity index (χ0v) is 19.2. The molecule has 4 aromatic rings. The lowest BCUT2D eigenvalue weighted by molar-refractivity contribution is -0.127. The first-order valence-corrected chi connectivity index (χ1v) is 11.4. The van der Waals surface area contributed by atoms with Gasteiger partial charge in [-0.3, -0.25) is 14.5 Å². The van der Waals surface area contributed by atoms with Crippen molar-refractivity contribution in [3.05, 3.63) is 83.7 Å². The first-order valence-electron chi connectivity index (χ1n) is 11.4. The molecule has 0 radical (unpaired) electrons. The number of H-pyrrole nitrogens is 1. The number of nitrogens with zero attached hydrogens (tertiary/aromatic N) is 2. The smallest absolute Gasteiger partial charge is 0.268 e. The Morgan fingerprint density at radius 1 is 1.09 bits per heavy atom. The largest absolute Gasteiger partial charge is 0.479 e. The monoisotopic (exact) mass is 454 g/mol. The van der Waals surface area contributed by atoms with Gasteiger partial charge in [0.1, 0.15) is 18.1 Å². The molecule has 0 saturated heterocycles. The number of carbonyl (C=O) groups excluding carboxylic acids is 2. The van der Waals surface area contributed by atoms with Crippen molar-refractivity contribution in [1.29, 1.82) is 0 Å². The van der Waals surface area contributed by atoms with Crippen LogP contribution in [0.2, 0.25) is 0 Å². The maximum Gasteiger partial charge on any atom is 0.268 e. The van der Waals surface area contributed by atoms with Crippen LogP contribution in [0.3, 0.4) is 0 Å². The summed E-state index contributed by atoms with van der Waals surface area (Å²) in [7, 11) is 0. The van der Waals surface area contributed by atoms with Gasteiger partial charge in [-0.25, -0.2) is 4.98 Å². The first-order chi connectivity index (χ1) is 16.5. The Hall–Kier alpha value is -4.13. The molecule has 7 nitrogen and oxygen atoms in total. The third-order valence-corrected chi connectivity index (χ3v) is 5.95. The minimum absolute atomic E-state index is 0.0726. The number of nitrogens with one attached hydrogen (secondary N) is 2. The number of aromatic amines is 1. The number of fused-ring (bicyclic) bond motifs is 2. The number of aromatic nitrogens is 2. The van der Waals surface area contributed by atoms with Gasteiger partial charge in [-0.15, -0.1) is 0 Å². The fourth-order valence-corrected chi connectivity index (χ4v) is 4.18. The van der Waals surface area contributed by atoms with E-state index in [-0.39, 0.29) is 18.4 Å². The van der Waals surface area contributed by atoms with Gasteiger partial charge in [0.25, 0.3) is 5.91 Å².